The molecule has 0 saturated heterocycles. The van der Waals surface area contributed by atoms with Crippen LogP contribution >= 0.6 is 0 Å². The highest BCUT2D eigenvalue weighted by molar-refractivity contribution is 5.51. The lowest BCUT2D eigenvalue weighted by Crippen LogP contribution is -2.17. The lowest BCUT2D eigenvalue weighted by molar-refractivity contribution is -0.274. The highest BCUT2D eigenvalue weighted by Gasteiger charge is 2.30. The van der Waals surface area contributed by atoms with E-state index in [1.807, 2.05) is 18.0 Å². The molecule has 112 valence electrons. The molecule has 0 aliphatic rings. The number of nitrogens with zero attached hydrogens (tertiary/aromatic N) is 1. The molecule has 0 N–H and O–H groups in total. The van der Waals surface area contributed by atoms with Gasteiger partial charge in [0.2, 0.25) is 0 Å². The Morgan fingerprint density at radius 2 is 1.80 bits per heavy atom. The van der Waals surface area contributed by atoms with Crippen LogP contribution in [-0.2, 0) is 0 Å². The number of allylic oxidation sites excluding steroid dienone is 1. The lowest BCUT2D eigenvalue weighted by atomic mass is 10.2. The Labute approximate surface area is 117 Å². The van der Waals surface area contributed by atoms with Gasteiger partial charge >= 0.3 is 6.36 Å². The van der Waals surface area contributed by atoms with Crippen molar-refractivity contribution in [3.63, 3.8) is 0 Å². The summed E-state index contributed by atoms with van der Waals surface area (Å²) in [5, 5.41) is 0. The molecule has 1 aromatic rings. The van der Waals surface area contributed by atoms with Gasteiger partial charge in [-0.3, -0.25) is 0 Å². The van der Waals surface area contributed by atoms with Crippen molar-refractivity contribution in [3.8, 4) is 5.75 Å². The number of ether oxygens (including phenoxy) is 1. The van der Waals surface area contributed by atoms with E-state index in [9.17, 15) is 13.2 Å². The molecule has 0 saturated carbocycles. The van der Waals surface area contributed by atoms with Gasteiger partial charge in [-0.2, -0.15) is 0 Å². The Morgan fingerprint density at radius 3 is 2.30 bits per heavy atom. The zero-order valence-electron chi connectivity index (χ0n) is 11.8. The van der Waals surface area contributed by atoms with Crippen LogP contribution in [0.15, 0.2) is 36.5 Å². The SMILES string of the molecule is CCCCC=CN(CC)c1ccc(OC(F)(F)F)cc1. The van der Waals surface area contributed by atoms with Crippen molar-refractivity contribution < 1.29 is 17.9 Å². The van der Waals surface area contributed by atoms with Crippen molar-refractivity contribution in [1.82, 2.24) is 0 Å². The molecule has 2 nitrogen and oxygen atoms in total. The number of alkyl halides is 3. The topological polar surface area (TPSA) is 12.5 Å². The summed E-state index contributed by atoms with van der Waals surface area (Å²) in [4.78, 5) is 1.98. The molecule has 1 rings (SSSR count). The fourth-order valence-corrected chi connectivity index (χ4v) is 1.74. The highest BCUT2D eigenvalue weighted by atomic mass is 19.4. The average Bonchev–Trinajstić information content (AvgIpc) is 2.38. The van der Waals surface area contributed by atoms with Gasteiger partial charge in [0.05, 0.1) is 0 Å². The Hall–Kier alpha value is -1.65. The van der Waals surface area contributed by atoms with Crippen molar-refractivity contribution in [1.29, 1.82) is 0 Å². The van der Waals surface area contributed by atoms with Crippen LogP contribution < -0.4 is 9.64 Å². The first kappa shape index (κ1) is 16.4. The molecule has 0 amide bonds. The Bertz CT molecular complexity index is 412. The van der Waals surface area contributed by atoms with Crippen molar-refractivity contribution in [3.05, 3.63) is 36.5 Å². The highest BCUT2D eigenvalue weighted by Crippen LogP contribution is 2.25. The second-order valence-electron chi connectivity index (χ2n) is 4.35. The molecule has 0 spiro atoms. The molecule has 0 atom stereocenters. The van der Waals surface area contributed by atoms with Crippen LogP contribution in [0.2, 0.25) is 0 Å². The number of hydrogen-bond acceptors (Lipinski definition) is 2. The molecule has 0 fully saturated rings. The van der Waals surface area contributed by atoms with E-state index in [1.165, 1.54) is 12.1 Å². The standard InChI is InChI=1S/C15H20F3NO/c1-3-5-6-7-12-19(4-2)13-8-10-14(11-9-13)20-15(16,17)18/h7-12H,3-6H2,1-2H3. The first-order valence-corrected chi connectivity index (χ1v) is 6.75. The second-order valence-corrected chi connectivity index (χ2v) is 4.35. The summed E-state index contributed by atoms with van der Waals surface area (Å²) in [5.74, 6) is -0.202. The third-order valence-corrected chi connectivity index (χ3v) is 2.75. The lowest BCUT2D eigenvalue weighted by Gasteiger charge is -2.19. The summed E-state index contributed by atoms with van der Waals surface area (Å²) in [6.45, 7) is 4.87. The largest absolute Gasteiger partial charge is 0.573 e. The van der Waals surface area contributed by atoms with Crippen LogP contribution in [0.25, 0.3) is 0 Å². The minimum Gasteiger partial charge on any atom is -0.406 e. The predicted molar refractivity (Wildman–Crippen MR) is 74.8 cm³/mol. The minimum absolute atomic E-state index is 0.202. The monoisotopic (exact) mass is 287 g/mol. The van der Waals surface area contributed by atoms with E-state index >= 15 is 0 Å². The number of unbranched alkanes of at least 4 members (excludes halogenated alkanes) is 2. The van der Waals surface area contributed by atoms with Crippen molar-refractivity contribution in [2.24, 2.45) is 0 Å². The summed E-state index contributed by atoms with van der Waals surface area (Å²) >= 11 is 0. The van der Waals surface area contributed by atoms with E-state index < -0.39 is 6.36 Å². The smallest absolute Gasteiger partial charge is 0.406 e. The van der Waals surface area contributed by atoms with Gasteiger partial charge in [-0.15, -0.1) is 13.2 Å². The van der Waals surface area contributed by atoms with Gasteiger partial charge in [0.15, 0.2) is 0 Å². The molecule has 0 aromatic heterocycles. The Kier molecular flexibility index (Phi) is 6.42. The minimum atomic E-state index is -4.65. The van der Waals surface area contributed by atoms with Crippen LogP contribution in [0.3, 0.4) is 0 Å². The molecule has 5 heteroatoms. The number of hydrogen-bond donors (Lipinski definition) is 0. The van der Waals surface area contributed by atoms with E-state index in [2.05, 4.69) is 17.7 Å². The zero-order chi connectivity index (χ0) is 15.0. The number of halogens is 3. The quantitative estimate of drug-likeness (QED) is 0.646. The van der Waals surface area contributed by atoms with Gasteiger partial charge in [-0.05, 0) is 37.6 Å². The van der Waals surface area contributed by atoms with Gasteiger partial charge in [-0.1, -0.05) is 25.8 Å². The summed E-state index contributed by atoms with van der Waals surface area (Å²) in [5.41, 5.74) is 0.842. The zero-order valence-corrected chi connectivity index (χ0v) is 11.8. The molecule has 20 heavy (non-hydrogen) atoms. The van der Waals surface area contributed by atoms with Crippen molar-refractivity contribution >= 4 is 5.69 Å². The molecule has 1 aromatic carbocycles. The van der Waals surface area contributed by atoms with Crippen LogP contribution in [-0.4, -0.2) is 12.9 Å². The molecule has 0 unspecified atom stereocenters. The molecule has 0 bridgehead atoms. The van der Waals surface area contributed by atoms with Gasteiger partial charge in [0.1, 0.15) is 5.75 Å². The second kappa shape index (κ2) is 7.82. The van der Waals surface area contributed by atoms with Crippen LogP contribution in [0.1, 0.15) is 33.1 Å². The number of rotatable bonds is 7. The van der Waals surface area contributed by atoms with E-state index in [0.717, 1.165) is 31.5 Å². The van der Waals surface area contributed by atoms with E-state index in [1.54, 1.807) is 12.1 Å². The molecule has 0 heterocycles. The van der Waals surface area contributed by atoms with Crippen molar-refractivity contribution in [2.45, 2.75) is 39.5 Å². The van der Waals surface area contributed by atoms with Gasteiger partial charge in [0, 0.05) is 18.4 Å². The molecular weight excluding hydrogens is 267 g/mol. The molecular formula is C15H20F3NO. The first-order valence-electron chi connectivity index (χ1n) is 6.75. The van der Waals surface area contributed by atoms with E-state index in [4.69, 9.17) is 0 Å². The van der Waals surface area contributed by atoms with Crippen LogP contribution in [0.4, 0.5) is 18.9 Å². The van der Waals surface area contributed by atoms with Gasteiger partial charge < -0.3 is 9.64 Å². The van der Waals surface area contributed by atoms with Gasteiger partial charge in [0.25, 0.3) is 0 Å². The number of anilines is 1. The van der Waals surface area contributed by atoms with E-state index in [0.29, 0.717) is 0 Å². The summed E-state index contributed by atoms with van der Waals surface area (Å²) in [6, 6.07) is 5.89. The maximum absolute atomic E-state index is 12.1. The number of benzene rings is 1. The summed E-state index contributed by atoms with van der Waals surface area (Å²) < 4.78 is 40.0. The third kappa shape index (κ3) is 5.99. The first-order chi connectivity index (χ1) is 9.46. The third-order valence-electron chi connectivity index (χ3n) is 2.75. The summed E-state index contributed by atoms with van der Waals surface area (Å²) in [7, 11) is 0. The average molecular weight is 287 g/mol. The molecule has 0 aliphatic heterocycles. The Balaban J connectivity index is 2.67. The molecule has 0 radical (unpaired) electrons. The van der Waals surface area contributed by atoms with E-state index in [-0.39, 0.29) is 5.75 Å². The fraction of sp³-hybridized carbons (Fsp3) is 0.467. The normalized spacial score (nSPS) is 11.8. The summed E-state index contributed by atoms with van der Waals surface area (Å²) in [6.07, 6.45) is 2.67. The van der Waals surface area contributed by atoms with Crippen LogP contribution in [0, 0.1) is 0 Å². The van der Waals surface area contributed by atoms with Crippen molar-refractivity contribution in [2.75, 3.05) is 11.4 Å². The predicted octanol–water partition coefficient (Wildman–Crippen LogP) is 5.12. The fourth-order valence-electron chi connectivity index (χ4n) is 1.74. The maximum atomic E-state index is 12.1. The maximum Gasteiger partial charge on any atom is 0.573 e. The molecule has 0 aliphatic carbocycles. The Morgan fingerprint density at radius 1 is 1.15 bits per heavy atom. The van der Waals surface area contributed by atoms with Crippen LogP contribution in [0.5, 0.6) is 5.75 Å². The van der Waals surface area contributed by atoms with Gasteiger partial charge in [-0.25, -0.2) is 0 Å².